The Balaban J connectivity index is 0.00000210. The molecule has 3 heterocycles. The molecule has 0 radical (unpaired) electrons. The fourth-order valence-electron chi connectivity index (χ4n) is 3.06. The van der Waals surface area contributed by atoms with Gasteiger partial charge in [0, 0.05) is 53.0 Å². The number of nitrogens with zero attached hydrogens (tertiary/aromatic N) is 5. The van der Waals surface area contributed by atoms with E-state index >= 15 is 0 Å². The maximum atomic E-state index is 5.19. The van der Waals surface area contributed by atoms with Crippen LogP contribution >= 0.6 is 22.7 Å². The highest BCUT2D eigenvalue weighted by Crippen LogP contribution is 2.13. The average molecular weight is 479 g/mol. The standard InChI is InChI=1S/C19H29N5OS2.2ClH/c1-15-18(26-13-22(15)3)7-10-24-12-17(20-21-24)6-5-9-23-14-27-19(16(23)2)8-11-25-4;;/h12-14H,5-11H2,1-4H3;2*1H/q+2;;/p-2. The second-order valence-corrected chi connectivity index (χ2v) is 8.72. The summed E-state index contributed by atoms with van der Waals surface area (Å²) in [7, 11) is 3.85. The van der Waals surface area contributed by atoms with E-state index in [0.717, 1.165) is 51.1 Å². The van der Waals surface area contributed by atoms with E-state index in [4.69, 9.17) is 4.74 Å². The molecular formula is C19H29Cl2N5OS2. The lowest BCUT2D eigenvalue weighted by atomic mass is 10.2. The molecule has 3 rings (SSSR count). The molecule has 0 amide bonds. The van der Waals surface area contributed by atoms with E-state index in [9.17, 15) is 0 Å². The number of thiazole rings is 2. The summed E-state index contributed by atoms with van der Waals surface area (Å²) >= 11 is 3.64. The highest BCUT2D eigenvalue weighted by atomic mass is 35.5. The zero-order chi connectivity index (χ0) is 19.2. The van der Waals surface area contributed by atoms with Crippen molar-refractivity contribution in [2.45, 2.75) is 52.6 Å². The van der Waals surface area contributed by atoms with Crippen LogP contribution in [0.15, 0.2) is 17.2 Å². The molecule has 0 N–H and O–H groups in total. The molecule has 0 bridgehead atoms. The van der Waals surface area contributed by atoms with Crippen LogP contribution in [-0.4, -0.2) is 28.7 Å². The van der Waals surface area contributed by atoms with Gasteiger partial charge in [0.1, 0.15) is 13.6 Å². The van der Waals surface area contributed by atoms with Gasteiger partial charge in [0.25, 0.3) is 0 Å². The summed E-state index contributed by atoms with van der Waals surface area (Å²) < 4.78 is 11.7. The van der Waals surface area contributed by atoms with Crippen LogP contribution < -0.4 is 33.9 Å². The first-order valence-electron chi connectivity index (χ1n) is 9.35. The zero-order valence-corrected chi connectivity index (χ0v) is 20.5. The van der Waals surface area contributed by atoms with Crippen LogP contribution in [-0.2, 0) is 44.1 Å². The van der Waals surface area contributed by atoms with Gasteiger partial charge in [-0.1, -0.05) is 27.9 Å². The summed E-state index contributed by atoms with van der Waals surface area (Å²) in [5.41, 5.74) is 8.16. The van der Waals surface area contributed by atoms with Crippen molar-refractivity contribution in [3.63, 3.8) is 0 Å². The fraction of sp³-hybridized carbons (Fsp3) is 0.579. The lowest BCUT2D eigenvalue weighted by Gasteiger charge is -1.98. The van der Waals surface area contributed by atoms with Crippen LogP contribution in [0.4, 0.5) is 0 Å². The van der Waals surface area contributed by atoms with Gasteiger partial charge < -0.3 is 29.6 Å². The molecule has 0 saturated carbocycles. The Kier molecular flexibility index (Phi) is 11.3. The predicted molar refractivity (Wildman–Crippen MR) is 107 cm³/mol. The van der Waals surface area contributed by atoms with Crippen molar-refractivity contribution in [2.75, 3.05) is 13.7 Å². The summed E-state index contributed by atoms with van der Waals surface area (Å²) in [4.78, 5) is 2.84. The number of hydrogen-bond donors (Lipinski definition) is 0. The van der Waals surface area contributed by atoms with Gasteiger partial charge in [-0.3, -0.25) is 4.68 Å². The number of hydrogen-bond acceptors (Lipinski definition) is 5. The van der Waals surface area contributed by atoms with Crippen molar-refractivity contribution in [1.29, 1.82) is 0 Å². The van der Waals surface area contributed by atoms with Gasteiger partial charge in [-0.05, 0) is 6.42 Å². The molecule has 0 aliphatic heterocycles. The van der Waals surface area contributed by atoms with Crippen LogP contribution in [0.1, 0.15) is 33.3 Å². The molecule has 0 aromatic carbocycles. The molecule has 0 aliphatic rings. The number of aromatic nitrogens is 5. The molecule has 0 unspecified atom stereocenters. The summed E-state index contributed by atoms with van der Waals surface area (Å²) in [6.07, 6.45) is 6.13. The molecule has 0 atom stereocenters. The Morgan fingerprint density at radius 3 is 2.45 bits per heavy atom. The molecule has 0 spiro atoms. The molecular weight excluding hydrogens is 449 g/mol. The third-order valence-corrected chi connectivity index (χ3v) is 7.31. The highest BCUT2D eigenvalue weighted by molar-refractivity contribution is 7.09. The lowest BCUT2D eigenvalue weighted by Crippen LogP contribution is -3.00. The third kappa shape index (κ3) is 7.00. The predicted octanol–water partition coefficient (Wildman–Crippen LogP) is -3.80. The van der Waals surface area contributed by atoms with Crippen molar-refractivity contribution in [2.24, 2.45) is 7.05 Å². The fourth-order valence-corrected chi connectivity index (χ4v) is 5.03. The summed E-state index contributed by atoms with van der Waals surface area (Å²) in [5, 5.41) is 8.64. The summed E-state index contributed by atoms with van der Waals surface area (Å²) in [5.74, 6) is 0. The molecule has 29 heavy (non-hydrogen) atoms. The number of rotatable bonds is 10. The Morgan fingerprint density at radius 1 is 1.03 bits per heavy atom. The smallest absolute Gasteiger partial charge is 0.225 e. The van der Waals surface area contributed by atoms with Crippen molar-refractivity contribution in [3.05, 3.63) is 44.1 Å². The van der Waals surface area contributed by atoms with E-state index in [1.807, 2.05) is 27.4 Å². The first kappa shape index (κ1) is 26.0. The first-order valence-corrected chi connectivity index (χ1v) is 11.1. The van der Waals surface area contributed by atoms with Crippen LogP contribution in [0.25, 0.3) is 0 Å². The molecule has 6 nitrogen and oxygen atoms in total. The molecule has 3 aromatic rings. The van der Waals surface area contributed by atoms with E-state index in [0.29, 0.717) is 0 Å². The van der Waals surface area contributed by atoms with Crippen molar-refractivity contribution in [3.8, 4) is 0 Å². The Hall–Kier alpha value is -1.06. The maximum absolute atomic E-state index is 5.19. The number of halogens is 2. The Morgan fingerprint density at radius 2 is 1.76 bits per heavy atom. The van der Waals surface area contributed by atoms with Crippen LogP contribution in [0.3, 0.4) is 0 Å². The molecule has 0 saturated heterocycles. The van der Waals surface area contributed by atoms with Crippen LogP contribution in [0.5, 0.6) is 0 Å². The Labute approximate surface area is 193 Å². The lowest BCUT2D eigenvalue weighted by molar-refractivity contribution is -0.698. The van der Waals surface area contributed by atoms with Gasteiger partial charge in [0.2, 0.25) is 11.0 Å². The van der Waals surface area contributed by atoms with Gasteiger partial charge >= 0.3 is 0 Å². The van der Waals surface area contributed by atoms with Gasteiger partial charge in [-0.25, -0.2) is 0 Å². The number of methoxy groups -OCH3 is 1. The van der Waals surface area contributed by atoms with Gasteiger partial charge in [0.15, 0.2) is 11.4 Å². The largest absolute Gasteiger partial charge is 1.00 e. The SMILES string of the molecule is COCCc1sc[n+](CCCc2cn(CCc3sc[n+](C)c3C)nn2)c1C.[Cl-].[Cl-]. The minimum atomic E-state index is 0. The van der Waals surface area contributed by atoms with Gasteiger partial charge in [0.05, 0.1) is 22.1 Å². The summed E-state index contributed by atoms with van der Waals surface area (Å²) in [6.45, 7) is 7.06. The van der Waals surface area contributed by atoms with Crippen molar-refractivity contribution < 1.29 is 38.7 Å². The minimum Gasteiger partial charge on any atom is -1.00 e. The highest BCUT2D eigenvalue weighted by Gasteiger charge is 2.15. The molecule has 3 aromatic heterocycles. The molecule has 162 valence electrons. The maximum Gasteiger partial charge on any atom is 0.225 e. The Bertz CT molecular complexity index is 878. The van der Waals surface area contributed by atoms with E-state index in [2.05, 4.69) is 57.6 Å². The van der Waals surface area contributed by atoms with Crippen molar-refractivity contribution in [1.82, 2.24) is 15.0 Å². The average Bonchev–Trinajstić information content (AvgIpc) is 3.34. The third-order valence-electron chi connectivity index (χ3n) is 4.96. The normalized spacial score (nSPS) is 10.6. The molecule has 10 heteroatoms. The minimum absolute atomic E-state index is 0. The number of ether oxygens (including phenoxy) is 1. The topological polar surface area (TPSA) is 47.7 Å². The first-order chi connectivity index (χ1) is 13.1. The van der Waals surface area contributed by atoms with E-state index in [1.165, 1.54) is 21.1 Å². The van der Waals surface area contributed by atoms with Gasteiger partial charge in [-0.2, -0.15) is 9.13 Å². The van der Waals surface area contributed by atoms with Crippen LogP contribution in [0.2, 0.25) is 0 Å². The van der Waals surface area contributed by atoms with Crippen LogP contribution in [0, 0.1) is 13.8 Å². The molecule has 0 aliphatic carbocycles. The van der Waals surface area contributed by atoms with Gasteiger partial charge in [-0.15, -0.1) is 5.10 Å². The van der Waals surface area contributed by atoms with E-state index < -0.39 is 0 Å². The summed E-state index contributed by atoms with van der Waals surface area (Å²) in [6, 6.07) is 0. The quantitative estimate of drug-likeness (QED) is 0.281. The van der Waals surface area contributed by atoms with E-state index in [-0.39, 0.29) is 24.8 Å². The van der Waals surface area contributed by atoms with E-state index in [1.54, 1.807) is 7.11 Å². The second kappa shape index (κ2) is 12.6. The number of aryl methyl sites for hydroxylation is 5. The monoisotopic (exact) mass is 477 g/mol. The zero-order valence-electron chi connectivity index (χ0n) is 17.4. The second-order valence-electron chi connectivity index (χ2n) is 6.84. The molecule has 0 fully saturated rings. The van der Waals surface area contributed by atoms with Crippen molar-refractivity contribution >= 4 is 22.7 Å².